The molecule has 2 aromatic carbocycles. The summed E-state index contributed by atoms with van der Waals surface area (Å²) >= 11 is 3.40. The predicted octanol–water partition coefficient (Wildman–Crippen LogP) is 4.16. The second kappa shape index (κ2) is 6.68. The summed E-state index contributed by atoms with van der Waals surface area (Å²) in [5.41, 5.74) is 3.46. The molecule has 0 bridgehead atoms. The van der Waals surface area contributed by atoms with Gasteiger partial charge in [-0.25, -0.2) is 0 Å². The van der Waals surface area contributed by atoms with Crippen LogP contribution in [0.2, 0.25) is 0 Å². The lowest BCUT2D eigenvalue weighted by atomic mass is 10.1. The van der Waals surface area contributed by atoms with Crippen LogP contribution in [-0.4, -0.2) is 13.0 Å². The maximum Gasteiger partial charge on any atom is 0.256 e. The van der Waals surface area contributed by atoms with E-state index in [9.17, 15) is 4.79 Å². The van der Waals surface area contributed by atoms with Gasteiger partial charge in [0.05, 0.1) is 12.2 Å². The van der Waals surface area contributed by atoms with E-state index in [-0.39, 0.29) is 5.91 Å². The topological polar surface area (TPSA) is 38.3 Å². The van der Waals surface area contributed by atoms with Gasteiger partial charge in [-0.3, -0.25) is 4.79 Å². The van der Waals surface area contributed by atoms with Crippen molar-refractivity contribution in [1.82, 2.24) is 0 Å². The van der Waals surface area contributed by atoms with Crippen molar-refractivity contribution in [3.8, 4) is 0 Å². The lowest BCUT2D eigenvalue weighted by molar-refractivity contribution is 0.102. The Morgan fingerprint density at radius 1 is 1.25 bits per heavy atom. The number of hydrogen-bond acceptors (Lipinski definition) is 2. The monoisotopic (exact) mass is 333 g/mol. The summed E-state index contributed by atoms with van der Waals surface area (Å²) in [6.45, 7) is 2.49. The summed E-state index contributed by atoms with van der Waals surface area (Å²) in [5.74, 6) is -0.129. The van der Waals surface area contributed by atoms with E-state index < -0.39 is 0 Å². The second-order valence-electron chi connectivity index (χ2n) is 4.57. The molecule has 2 rings (SSSR count). The Balaban J connectivity index is 2.19. The molecule has 0 aliphatic carbocycles. The van der Waals surface area contributed by atoms with Crippen LogP contribution in [0.3, 0.4) is 0 Å². The van der Waals surface area contributed by atoms with Crippen LogP contribution in [0.1, 0.15) is 21.5 Å². The summed E-state index contributed by atoms with van der Waals surface area (Å²) < 4.78 is 5.87. The molecule has 0 aromatic heterocycles. The lowest BCUT2D eigenvalue weighted by Crippen LogP contribution is -2.13. The first kappa shape index (κ1) is 14.8. The number of aryl methyl sites for hydroxylation is 1. The van der Waals surface area contributed by atoms with Gasteiger partial charge in [-0.05, 0) is 52.7 Å². The van der Waals surface area contributed by atoms with Crippen LogP contribution < -0.4 is 5.32 Å². The van der Waals surface area contributed by atoms with Crippen molar-refractivity contribution in [2.75, 3.05) is 12.4 Å². The minimum atomic E-state index is -0.129. The number of carbonyl (C=O) groups is 1. The largest absolute Gasteiger partial charge is 0.380 e. The molecule has 104 valence electrons. The van der Waals surface area contributed by atoms with Gasteiger partial charge in [0.15, 0.2) is 0 Å². The third-order valence-corrected chi connectivity index (χ3v) is 3.55. The Hall–Kier alpha value is -1.65. The molecule has 0 saturated heterocycles. The van der Waals surface area contributed by atoms with Crippen molar-refractivity contribution in [3.05, 3.63) is 63.6 Å². The van der Waals surface area contributed by atoms with Gasteiger partial charge in [-0.1, -0.05) is 23.8 Å². The zero-order chi connectivity index (χ0) is 14.5. The number of halogens is 1. The standard InChI is InChI=1S/C16H16BrNO2/c1-11-6-7-15(17)14(8-11)16(19)18-13-5-3-4-12(9-13)10-20-2/h3-9H,10H2,1-2H3,(H,18,19). The Morgan fingerprint density at radius 3 is 2.80 bits per heavy atom. The quantitative estimate of drug-likeness (QED) is 0.912. The van der Waals surface area contributed by atoms with E-state index >= 15 is 0 Å². The molecule has 4 heteroatoms. The highest BCUT2D eigenvalue weighted by molar-refractivity contribution is 9.10. The van der Waals surface area contributed by atoms with E-state index in [0.29, 0.717) is 12.2 Å². The molecular formula is C16H16BrNO2. The molecular weight excluding hydrogens is 318 g/mol. The van der Waals surface area contributed by atoms with Crippen LogP contribution in [0.5, 0.6) is 0 Å². The van der Waals surface area contributed by atoms with Crippen LogP contribution >= 0.6 is 15.9 Å². The number of anilines is 1. The molecule has 0 aliphatic rings. The average molecular weight is 334 g/mol. The molecule has 3 nitrogen and oxygen atoms in total. The Labute approximate surface area is 127 Å². The highest BCUT2D eigenvalue weighted by atomic mass is 79.9. The molecule has 0 unspecified atom stereocenters. The number of hydrogen-bond donors (Lipinski definition) is 1. The third-order valence-electron chi connectivity index (χ3n) is 2.86. The number of benzene rings is 2. The highest BCUT2D eigenvalue weighted by Gasteiger charge is 2.10. The van der Waals surface area contributed by atoms with Gasteiger partial charge in [0.25, 0.3) is 5.91 Å². The van der Waals surface area contributed by atoms with E-state index in [2.05, 4.69) is 21.2 Å². The fourth-order valence-corrected chi connectivity index (χ4v) is 2.34. The van der Waals surface area contributed by atoms with Crippen LogP contribution in [0.15, 0.2) is 46.9 Å². The zero-order valence-corrected chi connectivity index (χ0v) is 13.0. The van der Waals surface area contributed by atoms with Crippen molar-refractivity contribution in [2.45, 2.75) is 13.5 Å². The normalized spacial score (nSPS) is 10.3. The number of amides is 1. The van der Waals surface area contributed by atoms with E-state index in [0.717, 1.165) is 21.3 Å². The first-order chi connectivity index (χ1) is 9.60. The predicted molar refractivity (Wildman–Crippen MR) is 84.0 cm³/mol. The molecule has 0 spiro atoms. The third kappa shape index (κ3) is 3.68. The van der Waals surface area contributed by atoms with Crippen molar-refractivity contribution in [2.24, 2.45) is 0 Å². The molecule has 20 heavy (non-hydrogen) atoms. The van der Waals surface area contributed by atoms with Gasteiger partial charge < -0.3 is 10.1 Å². The summed E-state index contributed by atoms with van der Waals surface area (Å²) in [5, 5.41) is 2.90. The molecule has 0 radical (unpaired) electrons. The molecule has 0 fully saturated rings. The molecule has 0 saturated carbocycles. The Morgan fingerprint density at radius 2 is 2.05 bits per heavy atom. The molecule has 0 heterocycles. The zero-order valence-electron chi connectivity index (χ0n) is 11.4. The maximum atomic E-state index is 12.3. The van der Waals surface area contributed by atoms with Crippen LogP contribution in [0.25, 0.3) is 0 Å². The van der Waals surface area contributed by atoms with Gasteiger partial charge in [0.2, 0.25) is 0 Å². The van der Waals surface area contributed by atoms with Crippen LogP contribution in [0.4, 0.5) is 5.69 Å². The van der Waals surface area contributed by atoms with Gasteiger partial charge in [0.1, 0.15) is 0 Å². The molecule has 2 aromatic rings. The molecule has 0 aliphatic heterocycles. The SMILES string of the molecule is COCc1cccc(NC(=O)c2cc(C)ccc2Br)c1. The van der Waals surface area contributed by atoms with Crippen molar-refractivity contribution in [1.29, 1.82) is 0 Å². The summed E-state index contributed by atoms with van der Waals surface area (Å²) in [7, 11) is 1.65. The summed E-state index contributed by atoms with van der Waals surface area (Å²) in [4.78, 5) is 12.3. The fourth-order valence-electron chi connectivity index (χ4n) is 1.92. The van der Waals surface area contributed by atoms with Crippen molar-refractivity contribution >= 4 is 27.5 Å². The number of ether oxygens (including phenoxy) is 1. The first-order valence-corrected chi connectivity index (χ1v) is 7.05. The minimum absolute atomic E-state index is 0.129. The number of methoxy groups -OCH3 is 1. The second-order valence-corrected chi connectivity index (χ2v) is 5.43. The maximum absolute atomic E-state index is 12.3. The van der Waals surface area contributed by atoms with E-state index in [1.807, 2.05) is 49.4 Å². The molecule has 1 N–H and O–H groups in total. The highest BCUT2D eigenvalue weighted by Crippen LogP contribution is 2.20. The van der Waals surface area contributed by atoms with E-state index in [1.165, 1.54) is 0 Å². The smallest absolute Gasteiger partial charge is 0.256 e. The summed E-state index contributed by atoms with van der Waals surface area (Å²) in [6, 6.07) is 13.3. The van der Waals surface area contributed by atoms with Gasteiger partial charge in [-0.2, -0.15) is 0 Å². The average Bonchev–Trinajstić information content (AvgIpc) is 2.42. The lowest BCUT2D eigenvalue weighted by Gasteiger charge is -2.09. The Kier molecular flexibility index (Phi) is 4.93. The number of carbonyl (C=O) groups excluding carboxylic acids is 1. The van der Waals surface area contributed by atoms with Gasteiger partial charge in [-0.15, -0.1) is 0 Å². The van der Waals surface area contributed by atoms with Crippen LogP contribution in [-0.2, 0) is 11.3 Å². The van der Waals surface area contributed by atoms with Gasteiger partial charge >= 0.3 is 0 Å². The van der Waals surface area contributed by atoms with Gasteiger partial charge in [0, 0.05) is 17.3 Å². The summed E-state index contributed by atoms with van der Waals surface area (Å²) in [6.07, 6.45) is 0. The Bertz CT molecular complexity index is 626. The molecule has 0 atom stereocenters. The molecule has 1 amide bonds. The van der Waals surface area contributed by atoms with E-state index in [1.54, 1.807) is 7.11 Å². The van der Waals surface area contributed by atoms with Crippen LogP contribution in [0, 0.1) is 6.92 Å². The first-order valence-electron chi connectivity index (χ1n) is 6.25. The minimum Gasteiger partial charge on any atom is -0.380 e. The van der Waals surface area contributed by atoms with Crippen molar-refractivity contribution in [3.63, 3.8) is 0 Å². The number of nitrogens with one attached hydrogen (secondary N) is 1. The number of rotatable bonds is 4. The van der Waals surface area contributed by atoms with E-state index in [4.69, 9.17) is 4.74 Å². The van der Waals surface area contributed by atoms with Crippen molar-refractivity contribution < 1.29 is 9.53 Å². The fraction of sp³-hybridized carbons (Fsp3) is 0.188.